The summed E-state index contributed by atoms with van der Waals surface area (Å²) in [4.78, 5) is 27.1. The summed E-state index contributed by atoms with van der Waals surface area (Å²) in [7, 11) is 0. The highest BCUT2D eigenvalue weighted by Crippen LogP contribution is 2.29. The Kier molecular flexibility index (Phi) is 5.39. The first-order valence-corrected chi connectivity index (χ1v) is 8.58. The highest BCUT2D eigenvalue weighted by atomic mass is 19.4. The van der Waals surface area contributed by atoms with Crippen LogP contribution in [0.3, 0.4) is 0 Å². The molecule has 0 aliphatic rings. The summed E-state index contributed by atoms with van der Waals surface area (Å²) in [5, 5.41) is 5.76. The number of imide groups is 1. The zero-order chi connectivity index (χ0) is 20.3. The largest absolute Gasteiger partial charge is 0.416 e. The smallest absolute Gasteiger partial charge is 0.358 e. The number of fused-ring (bicyclic) bond motifs is 1. The molecule has 0 bridgehead atoms. The lowest BCUT2D eigenvalue weighted by Gasteiger charge is -2.09. The highest BCUT2D eigenvalue weighted by Gasteiger charge is 2.30. The van der Waals surface area contributed by atoms with Crippen molar-refractivity contribution in [2.45, 2.75) is 19.5 Å². The SMILES string of the molecule is Cc1[nH]c2ccccc2c1CCNC(=O)NC(=O)c1ccc(C(F)(F)F)cc1. The van der Waals surface area contributed by atoms with E-state index in [-0.39, 0.29) is 5.56 Å². The van der Waals surface area contributed by atoms with Crippen LogP contribution in [0.5, 0.6) is 0 Å². The number of hydrogen-bond donors (Lipinski definition) is 3. The van der Waals surface area contributed by atoms with Crippen LogP contribution >= 0.6 is 0 Å². The maximum atomic E-state index is 12.5. The van der Waals surface area contributed by atoms with Crippen LogP contribution in [0.1, 0.15) is 27.2 Å². The molecule has 5 nitrogen and oxygen atoms in total. The maximum absolute atomic E-state index is 12.5. The number of halogens is 3. The normalized spacial score (nSPS) is 11.4. The van der Waals surface area contributed by atoms with E-state index in [9.17, 15) is 22.8 Å². The number of rotatable bonds is 4. The molecular weight excluding hydrogens is 371 g/mol. The van der Waals surface area contributed by atoms with E-state index in [4.69, 9.17) is 0 Å². The molecule has 0 unspecified atom stereocenters. The summed E-state index contributed by atoms with van der Waals surface area (Å²) in [6, 6.07) is 10.8. The quantitative estimate of drug-likeness (QED) is 0.626. The topological polar surface area (TPSA) is 74.0 Å². The van der Waals surface area contributed by atoms with Gasteiger partial charge < -0.3 is 10.3 Å². The first-order valence-electron chi connectivity index (χ1n) is 8.58. The predicted molar refractivity (Wildman–Crippen MR) is 99.0 cm³/mol. The zero-order valence-corrected chi connectivity index (χ0v) is 15.0. The van der Waals surface area contributed by atoms with Gasteiger partial charge in [0, 0.05) is 28.7 Å². The molecule has 8 heteroatoms. The second-order valence-electron chi connectivity index (χ2n) is 6.31. The van der Waals surface area contributed by atoms with Crippen molar-refractivity contribution in [1.29, 1.82) is 0 Å². The molecule has 1 aromatic heterocycles. The molecule has 3 amide bonds. The summed E-state index contributed by atoms with van der Waals surface area (Å²) >= 11 is 0. The van der Waals surface area contributed by atoms with Crippen molar-refractivity contribution in [3.05, 3.63) is 70.9 Å². The van der Waals surface area contributed by atoms with Crippen LogP contribution in [0.15, 0.2) is 48.5 Å². The first kappa shape index (κ1) is 19.5. The minimum atomic E-state index is -4.48. The number of carbonyl (C=O) groups excluding carboxylic acids is 2. The molecule has 0 radical (unpaired) electrons. The fourth-order valence-corrected chi connectivity index (χ4v) is 2.99. The molecular formula is C20H18F3N3O2. The number of urea groups is 1. The van der Waals surface area contributed by atoms with E-state index < -0.39 is 23.7 Å². The number of H-pyrrole nitrogens is 1. The maximum Gasteiger partial charge on any atom is 0.416 e. The Morgan fingerprint density at radius 2 is 1.71 bits per heavy atom. The van der Waals surface area contributed by atoms with Crippen molar-refractivity contribution >= 4 is 22.8 Å². The molecule has 28 heavy (non-hydrogen) atoms. The average molecular weight is 389 g/mol. The van der Waals surface area contributed by atoms with Gasteiger partial charge in [0.1, 0.15) is 0 Å². The van der Waals surface area contributed by atoms with E-state index in [1.54, 1.807) is 0 Å². The molecule has 146 valence electrons. The van der Waals surface area contributed by atoms with Crippen molar-refractivity contribution in [3.8, 4) is 0 Å². The Hall–Kier alpha value is -3.29. The number of benzene rings is 2. The molecule has 2 aromatic carbocycles. The summed E-state index contributed by atoms with van der Waals surface area (Å²) in [5.41, 5.74) is 2.20. The zero-order valence-electron chi connectivity index (χ0n) is 15.0. The van der Waals surface area contributed by atoms with Crippen LogP contribution in [0.2, 0.25) is 0 Å². The van der Waals surface area contributed by atoms with E-state index in [2.05, 4.69) is 15.6 Å². The summed E-state index contributed by atoms with van der Waals surface area (Å²) < 4.78 is 37.6. The lowest BCUT2D eigenvalue weighted by Crippen LogP contribution is -2.40. The Morgan fingerprint density at radius 1 is 1.04 bits per heavy atom. The number of aromatic nitrogens is 1. The minimum absolute atomic E-state index is 0.0318. The molecule has 0 aliphatic heterocycles. The van der Waals surface area contributed by atoms with Crippen molar-refractivity contribution in [3.63, 3.8) is 0 Å². The lowest BCUT2D eigenvalue weighted by atomic mass is 10.1. The van der Waals surface area contributed by atoms with E-state index >= 15 is 0 Å². The molecule has 0 aliphatic carbocycles. The summed E-state index contributed by atoms with van der Waals surface area (Å²) in [5.74, 6) is -0.769. The number of nitrogens with one attached hydrogen (secondary N) is 3. The monoisotopic (exact) mass is 389 g/mol. The van der Waals surface area contributed by atoms with Gasteiger partial charge in [0.05, 0.1) is 5.56 Å². The van der Waals surface area contributed by atoms with Gasteiger partial charge in [0.25, 0.3) is 5.91 Å². The van der Waals surface area contributed by atoms with Gasteiger partial charge in [-0.3, -0.25) is 10.1 Å². The van der Waals surface area contributed by atoms with Crippen LogP contribution in [-0.4, -0.2) is 23.5 Å². The average Bonchev–Trinajstić information content (AvgIpc) is 2.96. The van der Waals surface area contributed by atoms with Gasteiger partial charge >= 0.3 is 12.2 Å². The highest BCUT2D eigenvalue weighted by molar-refractivity contribution is 6.04. The second-order valence-corrected chi connectivity index (χ2v) is 6.31. The Bertz CT molecular complexity index is 1010. The number of carbonyl (C=O) groups is 2. The number of amides is 3. The predicted octanol–water partition coefficient (Wildman–Crippen LogP) is 4.18. The standard InChI is InChI=1S/C20H18F3N3O2/c1-12-15(16-4-2-3-5-17(16)25-12)10-11-24-19(28)26-18(27)13-6-8-14(9-7-13)20(21,22)23/h2-9,25H,10-11H2,1H3,(H2,24,26,27,28). The first-order chi connectivity index (χ1) is 13.3. The number of alkyl halides is 3. The van der Waals surface area contributed by atoms with Gasteiger partial charge in [-0.15, -0.1) is 0 Å². The van der Waals surface area contributed by atoms with Crippen molar-refractivity contribution in [2.24, 2.45) is 0 Å². The molecule has 0 saturated heterocycles. The van der Waals surface area contributed by atoms with Crippen molar-refractivity contribution in [1.82, 2.24) is 15.6 Å². The van der Waals surface area contributed by atoms with Gasteiger partial charge in [0.15, 0.2) is 0 Å². The third-order valence-electron chi connectivity index (χ3n) is 4.39. The number of aromatic amines is 1. The fourth-order valence-electron chi connectivity index (χ4n) is 2.99. The van der Waals surface area contributed by atoms with Gasteiger partial charge in [0.2, 0.25) is 0 Å². The Morgan fingerprint density at radius 3 is 2.39 bits per heavy atom. The van der Waals surface area contributed by atoms with E-state index in [0.29, 0.717) is 13.0 Å². The molecule has 3 rings (SSSR count). The van der Waals surface area contributed by atoms with Gasteiger partial charge in [-0.1, -0.05) is 18.2 Å². The third-order valence-corrected chi connectivity index (χ3v) is 4.39. The minimum Gasteiger partial charge on any atom is -0.358 e. The van der Waals surface area contributed by atoms with Crippen LogP contribution in [-0.2, 0) is 12.6 Å². The molecule has 0 fully saturated rings. The molecule has 1 heterocycles. The van der Waals surface area contributed by atoms with E-state index in [1.807, 2.05) is 31.2 Å². The molecule has 3 aromatic rings. The third kappa shape index (κ3) is 4.33. The van der Waals surface area contributed by atoms with Crippen LogP contribution in [0, 0.1) is 6.92 Å². The van der Waals surface area contributed by atoms with Crippen LogP contribution < -0.4 is 10.6 Å². The lowest BCUT2D eigenvalue weighted by molar-refractivity contribution is -0.137. The van der Waals surface area contributed by atoms with Crippen molar-refractivity contribution in [2.75, 3.05) is 6.54 Å². The van der Waals surface area contributed by atoms with E-state index in [1.165, 1.54) is 0 Å². The van der Waals surface area contributed by atoms with Gasteiger partial charge in [-0.2, -0.15) is 13.2 Å². The molecule has 0 saturated carbocycles. The number of hydrogen-bond acceptors (Lipinski definition) is 2. The second kappa shape index (κ2) is 7.75. The molecule has 3 N–H and O–H groups in total. The number of para-hydroxylation sites is 1. The molecule has 0 spiro atoms. The summed E-state index contributed by atoms with van der Waals surface area (Å²) in [6.07, 6.45) is -3.91. The fraction of sp³-hybridized carbons (Fsp3) is 0.200. The Balaban J connectivity index is 1.54. The van der Waals surface area contributed by atoms with Gasteiger partial charge in [-0.05, 0) is 49.2 Å². The van der Waals surface area contributed by atoms with Crippen LogP contribution in [0.4, 0.5) is 18.0 Å². The van der Waals surface area contributed by atoms with Gasteiger partial charge in [-0.25, -0.2) is 4.79 Å². The summed E-state index contributed by atoms with van der Waals surface area (Å²) in [6.45, 7) is 2.25. The molecule has 0 atom stereocenters. The Labute approximate surface area is 158 Å². The number of aryl methyl sites for hydroxylation is 1. The van der Waals surface area contributed by atoms with Crippen LogP contribution in [0.25, 0.3) is 10.9 Å². The van der Waals surface area contributed by atoms with Crippen molar-refractivity contribution < 1.29 is 22.8 Å². The van der Waals surface area contributed by atoms with E-state index in [0.717, 1.165) is 46.4 Å².